The molecule has 1 N–H and O–H groups in total. The molecule has 0 bridgehead atoms. The smallest absolute Gasteiger partial charge is 0.252 e. The molecule has 1 aromatic carbocycles. The van der Waals surface area contributed by atoms with Crippen LogP contribution in [0.2, 0.25) is 0 Å². The number of aliphatic hydroxyl groups excluding tert-OH is 1. The number of rotatable bonds is 6. The van der Waals surface area contributed by atoms with Crippen molar-refractivity contribution in [1.29, 1.82) is 0 Å². The van der Waals surface area contributed by atoms with Crippen molar-refractivity contribution in [2.75, 3.05) is 19.6 Å². The Morgan fingerprint density at radius 1 is 1.10 bits per heavy atom. The Kier molecular flexibility index (Phi) is 5.35. The third-order valence-electron chi connectivity index (χ3n) is 6.39. The number of ether oxygens (including phenoxy) is 1. The average Bonchev–Trinajstić information content (AvgIpc) is 3.36. The third-order valence-corrected chi connectivity index (χ3v) is 6.39. The summed E-state index contributed by atoms with van der Waals surface area (Å²) in [5.74, 6) is 2.01. The standard InChI is InChI=1S/C22H26FN5O2/c23-18-3-5-19(6-4-18)30-21-9-17-13-27(12-16(17)8-20(21)29)7-1-2-15-10-24-22-25-14-26-28(22)11-15/h3-6,10-11,14,16-17,20-21,29H,1-2,7-9,12-13H2/t16-,17+,20+,21+/m0/s1. The lowest BCUT2D eigenvalue weighted by molar-refractivity contribution is -0.0231. The van der Waals surface area contributed by atoms with Gasteiger partial charge < -0.3 is 14.7 Å². The van der Waals surface area contributed by atoms with Crippen LogP contribution in [-0.4, -0.2) is 61.4 Å². The Balaban J connectivity index is 1.12. The van der Waals surface area contributed by atoms with Gasteiger partial charge in [0.1, 0.15) is 24.0 Å². The van der Waals surface area contributed by atoms with Crippen molar-refractivity contribution in [3.8, 4) is 5.75 Å². The largest absolute Gasteiger partial charge is 0.488 e. The number of likely N-dealkylation sites (tertiary alicyclic amines) is 1. The Morgan fingerprint density at radius 3 is 2.73 bits per heavy atom. The number of hydrogen-bond acceptors (Lipinski definition) is 6. The van der Waals surface area contributed by atoms with E-state index in [1.807, 2.05) is 12.4 Å². The van der Waals surface area contributed by atoms with E-state index in [9.17, 15) is 9.50 Å². The van der Waals surface area contributed by atoms with E-state index in [1.165, 1.54) is 18.5 Å². The molecule has 5 rings (SSSR count). The summed E-state index contributed by atoms with van der Waals surface area (Å²) in [5.41, 5.74) is 1.16. The molecule has 1 aliphatic heterocycles. The molecule has 8 heteroatoms. The van der Waals surface area contributed by atoms with Gasteiger partial charge in [-0.05, 0) is 73.9 Å². The van der Waals surface area contributed by atoms with Gasteiger partial charge in [-0.2, -0.15) is 10.1 Å². The Labute approximate surface area is 174 Å². The highest BCUT2D eigenvalue weighted by atomic mass is 19.1. The van der Waals surface area contributed by atoms with Crippen LogP contribution in [0.5, 0.6) is 5.75 Å². The van der Waals surface area contributed by atoms with E-state index in [-0.39, 0.29) is 11.9 Å². The van der Waals surface area contributed by atoms with E-state index >= 15 is 0 Å². The summed E-state index contributed by atoms with van der Waals surface area (Å²) >= 11 is 0. The first kappa shape index (κ1) is 19.4. The average molecular weight is 411 g/mol. The molecule has 2 aromatic heterocycles. The van der Waals surface area contributed by atoms with E-state index < -0.39 is 6.10 Å². The molecule has 2 aliphatic rings. The molecule has 1 saturated carbocycles. The maximum atomic E-state index is 13.1. The molecular weight excluding hydrogens is 385 g/mol. The fraction of sp³-hybridized carbons (Fsp3) is 0.500. The maximum Gasteiger partial charge on any atom is 0.252 e. The van der Waals surface area contributed by atoms with Crippen molar-refractivity contribution >= 4 is 5.78 Å². The van der Waals surface area contributed by atoms with Crippen LogP contribution >= 0.6 is 0 Å². The highest BCUT2D eigenvalue weighted by Gasteiger charge is 2.42. The number of aliphatic hydroxyl groups is 1. The molecule has 1 saturated heterocycles. The van der Waals surface area contributed by atoms with Crippen LogP contribution < -0.4 is 4.74 Å². The van der Waals surface area contributed by atoms with Gasteiger partial charge in [-0.3, -0.25) is 0 Å². The number of nitrogens with zero attached hydrogens (tertiary/aromatic N) is 5. The number of benzene rings is 1. The minimum absolute atomic E-state index is 0.225. The molecule has 158 valence electrons. The zero-order chi connectivity index (χ0) is 20.5. The van der Waals surface area contributed by atoms with Crippen LogP contribution in [0.25, 0.3) is 5.78 Å². The van der Waals surface area contributed by atoms with E-state index in [1.54, 1.807) is 16.6 Å². The highest BCUT2D eigenvalue weighted by Crippen LogP contribution is 2.38. The van der Waals surface area contributed by atoms with E-state index in [4.69, 9.17) is 4.74 Å². The van der Waals surface area contributed by atoms with Crippen molar-refractivity contribution in [3.05, 3.63) is 54.4 Å². The molecule has 2 fully saturated rings. The van der Waals surface area contributed by atoms with Crippen molar-refractivity contribution in [1.82, 2.24) is 24.5 Å². The van der Waals surface area contributed by atoms with Crippen LogP contribution in [-0.2, 0) is 6.42 Å². The zero-order valence-electron chi connectivity index (χ0n) is 16.8. The van der Waals surface area contributed by atoms with Crippen LogP contribution in [0.4, 0.5) is 4.39 Å². The fourth-order valence-electron chi connectivity index (χ4n) is 4.88. The second-order valence-electron chi connectivity index (χ2n) is 8.50. The molecule has 3 heterocycles. The minimum atomic E-state index is -0.475. The SMILES string of the molecule is O[C@@H]1C[C@H]2CN(CCCc3cnc4ncnn4c3)C[C@H]2C[C@H]1Oc1ccc(F)cc1. The van der Waals surface area contributed by atoms with Gasteiger partial charge in [-0.1, -0.05) is 0 Å². The lowest BCUT2D eigenvalue weighted by Gasteiger charge is -2.35. The van der Waals surface area contributed by atoms with Crippen molar-refractivity contribution in [3.63, 3.8) is 0 Å². The summed E-state index contributed by atoms with van der Waals surface area (Å²) in [4.78, 5) is 10.9. The first-order valence-corrected chi connectivity index (χ1v) is 10.6. The van der Waals surface area contributed by atoms with Gasteiger partial charge in [0.15, 0.2) is 0 Å². The maximum absolute atomic E-state index is 13.1. The Hall–Kier alpha value is -2.58. The van der Waals surface area contributed by atoms with Gasteiger partial charge in [0.25, 0.3) is 5.78 Å². The third kappa shape index (κ3) is 4.15. The molecule has 0 unspecified atom stereocenters. The second-order valence-corrected chi connectivity index (χ2v) is 8.50. The van der Waals surface area contributed by atoms with Crippen LogP contribution in [0.1, 0.15) is 24.8 Å². The van der Waals surface area contributed by atoms with Gasteiger partial charge >= 0.3 is 0 Å². The number of aryl methyl sites for hydroxylation is 1. The van der Waals surface area contributed by atoms with Crippen LogP contribution in [0.15, 0.2) is 43.0 Å². The minimum Gasteiger partial charge on any atom is -0.488 e. The molecule has 3 aromatic rings. The zero-order valence-corrected chi connectivity index (χ0v) is 16.8. The lowest BCUT2D eigenvalue weighted by Crippen LogP contribution is -2.42. The molecule has 7 nitrogen and oxygen atoms in total. The second kappa shape index (κ2) is 8.28. The Bertz CT molecular complexity index is 995. The molecule has 0 amide bonds. The first-order chi connectivity index (χ1) is 14.6. The normalized spacial score (nSPS) is 26.7. The van der Waals surface area contributed by atoms with Gasteiger partial charge in [0, 0.05) is 25.5 Å². The Morgan fingerprint density at radius 2 is 1.90 bits per heavy atom. The highest BCUT2D eigenvalue weighted by molar-refractivity contribution is 5.25. The molecule has 1 aliphatic carbocycles. The van der Waals surface area contributed by atoms with Crippen molar-refractivity contribution < 1.29 is 14.2 Å². The number of hydrogen-bond donors (Lipinski definition) is 1. The van der Waals surface area contributed by atoms with Gasteiger partial charge in [-0.25, -0.2) is 13.9 Å². The van der Waals surface area contributed by atoms with Crippen LogP contribution in [0.3, 0.4) is 0 Å². The summed E-state index contributed by atoms with van der Waals surface area (Å²) in [7, 11) is 0. The van der Waals surface area contributed by atoms with E-state index in [0.29, 0.717) is 23.4 Å². The number of fused-ring (bicyclic) bond motifs is 2. The topological polar surface area (TPSA) is 75.8 Å². The lowest BCUT2D eigenvalue weighted by atomic mass is 9.78. The summed E-state index contributed by atoms with van der Waals surface area (Å²) in [6.07, 6.45) is 8.29. The number of halogens is 1. The quantitative estimate of drug-likeness (QED) is 0.671. The van der Waals surface area contributed by atoms with E-state index in [2.05, 4.69) is 20.0 Å². The molecular formula is C22H26FN5O2. The predicted molar refractivity (Wildman–Crippen MR) is 109 cm³/mol. The summed E-state index contributed by atoms with van der Waals surface area (Å²) in [5, 5.41) is 14.7. The number of aromatic nitrogens is 4. The first-order valence-electron chi connectivity index (χ1n) is 10.6. The van der Waals surface area contributed by atoms with Gasteiger partial charge in [0.05, 0.1) is 6.10 Å². The molecule has 4 atom stereocenters. The van der Waals surface area contributed by atoms with Crippen LogP contribution in [0, 0.1) is 17.7 Å². The summed E-state index contributed by atoms with van der Waals surface area (Å²) in [6, 6.07) is 6.03. The fourth-order valence-corrected chi connectivity index (χ4v) is 4.88. The van der Waals surface area contributed by atoms with Crippen molar-refractivity contribution in [2.45, 2.75) is 37.9 Å². The van der Waals surface area contributed by atoms with Crippen molar-refractivity contribution in [2.24, 2.45) is 11.8 Å². The van der Waals surface area contributed by atoms with Gasteiger partial charge in [0.2, 0.25) is 0 Å². The predicted octanol–water partition coefficient (Wildman–Crippen LogP) is 2.35. The molecule has 0 radical (unpaired) electrons. The van der Waals surface area contributed by atoms with Gasteiger partial charge in [-0.15, -0.1) is 0 Å². The molecule has 0 spiro atoms. The monoisotopic (exact) mass is 411 g/mol. The van der Waals surface area contributed by atoms with E-state index in [0.717, 1.165) is 50.9 Å². The molecule has 30 heavy (non-hydrogen) atoms. The summed E-state index contributed by atoms with van der Waals surface area (Å²) < 4.78 is 20.8. The summed E-state index contributed by atoms with van der Waals surface area (Å²) in [6.45, 7) is 3.11.